The summed E-state index contributed by atoms with van der Waals surface area (Å²) < 4.78 is 5.71. The molecule has 0 spiro atoms. The SMILES string of the molecule is CC(C)CCCOCc1ccc(CNC(C)(C)C)cc1. The third-order valence-corrected chi connectivity index (χ3v) is 3.18. The third kappa shape index (κ3) is 8.34. The van der Waals surface area contributed by atoms with Gasteiger partial charge in [-0.15, -0.1) is 0 Å². The van der Waals surface area contributed by atoms with Crippen LogP contribution in [0.3, 0.4) is 0 Å². The zero-order valence-electron chi connectivity index (χ0n) is 13.8. The lowest BCUT2D eigenvalue weighted by Crippen LogP contribution is -2.35. The first-order valence-corrected chi connectivity index (χ1v) is 7.77. The van der Waals surface area contributed by atoms with Crippen LogP contribution >= 0.6 is 0 Å². The molecule has 0 saturated heterocycles. The van der Waals surface area contributed by atoms with Crippen LogP contribution < -0.4 is 5.32 Å². The van der Waals surface area contributed by atoms with Gasteiger partial charge < -0.3 is 10.1 Å². The van der Waals surface area contributed by atoms with Gasteiger partial charge in [0.1, 0.15) is 0 Å². The van der Waals surface area contributed by atoms with E-state index in [1.54, 1.807) is 0 Å². The van der Waals surface area contributed by atoms with Gasteiger partial charge in [-0.05, 0) is 50.7 Å². The highest BCUT2D eigenvalue weighted by Gasteiger charge is 2.07. The first kappa shape index (κ1) is 17.2. The van der Waals surface area contributed by atoms with Crippen molar-refractivity contribution in [3.05, 3.63) is 35.4 Å². The molecule has 1 aromatic rings. The van der Waals surface area contributed by atoms with Crippen LogP contribution in [0.2, 0.25) is 0 Å². The smallest absolute Gasteiger partial charge is 0.0716 e. The van der Waals surface area contributed by atoms with Crippen LogP contribution in [-0.2, 0) is 17.9 Å². The summed E-state index contributed by atoms with van der Waals surface area (Å²) in [5.74, 6) is 0.771. The van der Waals surface area contributed by atoms with Crippen LogP contribution in [0.1, 0.15) is 58.6 Å². The van der Waals surface area contributed by atoms with Crippen LogP contribution in [-0.4, -0.2) is 12.1 Å². The second-order valence-corrected chi connectivity index (χ2v) is 7.01. The van der Waals surface area contributed by atoms with Crippen LogP contribution in [0.5, 0.6) is 0 Å². The molecule has 1 aromatic carbocycles. The van der Waals surface area contributed by atoms with Gasteiger partial charge in [-0.2, -0.15) is 0 Å². The van der Waals surface area contributed by atoms with E-state index >= 15 is 0 Å². The van der Waals surface area contributed by atoms with E-state index in [9.17, 15) is 0 Å². The van der Waals surface area contributed by atoms with Gasteiger partial charge in [-0.25, -0.2) is 0 Å². The predicted molar refractivity (Wildman–Crippen MR) is 86.8 cm³/mol. The molecule has 0 saturated carbocycles. The highest BCUT2D eigenvalue weighted by molar-refractivity contribution is 5.22. The summed E-state index contributed by atoms with van der Waals surface area (Å²) in [6.07, 6.45) is 2.41. The fourth-order valence-electron chi connectivity index (χ4n) is 1.90. The van der Waals surface area contributed by atoms with Crippen LogP contribution in [0.25, 0.3) is 0 Å². The summed E-state index contributed by atoms with van der Waals surface area (Å²) in [7, 11) is 0. The maximum Gasteiger partial charge on any atom is 0.0716 e. The molecule has 0 aliphatic carbocycles. The second kappa shape index (κ2) is 8.43. The van der Waals surface area contributed by atoms with Gasteiger partial charge in [-0.3, -0.25) is 0 Å². The lowest BCUT2D eigenvalue weighted by molar-refractivity contribution is 0.115. The fourth-order valence-corrected chi connectivity index (χ4v) is 1.90. The van der Waals surface area contributed by atoms with Crippen molar-refractivity contribution in [1.29, 1.82) is 0 Å². The van der Waals surface area contributed by atoms with Crippen molar-refractivity contribution < 1.29 is 4.74 Å². The molecule has 0 fully saturated rings. The van der Waals surface area contributed by atoms with E-state index in [0.717, 1.165) is 32.1 Å². The molecule has 0 radical (unpaired) electrons. The molecule has 20 heavy (non-hydrogen) atoms. The lowest BCUT2D eigenvalue weighted by Gasteiger charge is -2.20. The summed E-state index contributed by atoms with van der Waals surface area (Å²) in [5.41, 5.74) is 2.75. The molecule has 0 bridgehead atoms. The molecule has 0 heterocycles. The summed E-state index contributed by atoms with van der Waals surface area (Å²) in [6, 6.07) is 8.71. The topological polar surface area (TPSA) is 21.3 Å². The summed E-state index contributed by atoms with van der Waals surface area (Å²) in [4.78, 5) is 0. The Morgan fingerprint density at radius 1 is 1.05 bits per heavy atom. The van der Waals surface area contributed by atoms with Crippen molar-refractivity contribution in [3.63, 3.8) is 0 Å². The molecule has 0 atom stereocenters. The molecule has 0 aliphatic rings. The number of ether oxygens (including phenoxy) is 1. The van der Waals surface area contributed by atoms with E-state index < -0.39 is 0 Å². The fraction of sp³-hybridized carbons (Fsp3) is 0.667. The van der Waals surface area contributed by atoms with Gasteiger partial charge in [0.15, 0.2) is 0 Å². The maximum atomic E-state index is 5.71. The monoisotopic (exact) mass is 277 g/mol. The predicted octanol–water partition coefficient (Wildman–Crippen LogP) is 4.53. The number of hydrogen-bond acceptors (Lipinski definition) is 2. The average Bonchev–Trinajstić information content (AvgIpc) is 2.36. The van der Waals surface area contributed by atoms with Gasteiger partial charge in [0.25, 0.3) is 0 Å². The molecule has 1 N–H and O–H groups in total. The number of rotatable bonds is 8. The Balaban J connectivity index is 2.25. The first-order chi connectivity index (χ1) is 9.37. The largest absolute Gasteiger partial charge is 0.377 e. The Labute approximate surface area is 124 Å². The van der Waals surface area contributed by atoms with Crippen LogP contribution in [0.15, 0.2) is 24.3 Å². The molecule has 0 aliphatic heterocycles. The highest BCUT2D eigenvalue weighted by atomic mass is 16.5. The Hall–Kier alpha value is -0.860. The third-order valence-electron chi connectivity index (χ3n) is 3.18. The highest BCUT2D eigenvalue weighted by Crippen LogP contribution is 2.09. The van der Waals surface area contributed by atoms with Crippen molar-refractivity contribution in [1.82, 2.24) is 5.32 Å². The van der Waals surface area contributed by atoms with E-state index in [1.165, 1.54) is 17.5 Å². The van der Waals surface area contributed by atoms with Gasteiger partial charge in [-0.1, -0.05) is 38.1 Å². The van der Waals surface area contributed by atoms with Crippen molar-refractivity contribution in [2.45, 2.75) is 66.2 Å². The molecule has 0 aromatic heterocycles. The lowest BCUT2D eigenvalue weighted by atomic mass is 10.1. The van der Waals surface area contributed by atoms with E-state index in [1.807, 2.05) is 0 Å². The molecule has 2 nitrogen and oxygen atoms in total. The van der Waals surface area contributed by atoms with Gasteiger partial charge in [0.2, 0.25) is 0 Å². The zero-order chi connectivity index (χ0) is 15.0. The number of benzene rings is 1. The minimum Gasteiger partial charge on any atom is -0.377 e. The molecule has 0 unspecified atom stereocenters. The van der Waals surface area contributed by atoms with Crippen molar-refractivity contribution in [2.75, 3.05) is 6.61 Å². The number of hydrogen-bond donors (Lipinski definition) is 1. The summed E-state index contributed by atoms with van der Waals surface area (Å²) in [6.45, 7) is 13.6. The molecule has 0 amide bonds. The maximum absolute atomic E-state index is 5.71. The summed E-state index contributed by atoms with van der Waals surface area (Å²) in [5, 5.41) is 3.50. The normalized spacial score (nSPS) is 12.1. The van der Waals surface area contributed by atoms with Gasteiger partial charge in [0, 0.05) is 18.7 Å². The molecule has 1 rings (SSSR count). The Kier molecular flexibility index (Phi) is 7.25. The first-order valence-electron chi connectivity index (χ1n) is 7.77. The molecule has 2 heteroatoms. The van der Waals surface area contributed by atoms with Crippen molar-refractivity contribution in [3.8, 4) is 0 Å². The van der Waals surface area contributed by atoms with E-state index in [2.05, 4.69) is 64.2 Å². The second-order valence-electron chi connectivity index (χ2n) is 7.01. The Morgan fingerprint density at radius 2 is 1.65 bits per heavy atom. The van der Waals surface area contributed by atoms with E-state index in [0.29, 0.717) is 0 Å². The van der Waals surface area contributed by atoms with E-state index in [4.69, 9.17) is 4.74 Å². The van der Waals surface area contributed by atoms with Crippen molar-refractivity contribution >= 4 is 0 Å². The zero-order valence-corrected chi connectivity index (χ0v) is 13.8. The Morgan fingerprint density at radius 3 is 2.20 bits per heavy atom. The standard InChI is InChI=1S/C18H31NO/c1-15(2)7-6-12-20-14-17-10-8-16(9-11-17)13-19-18(3,4)5/h8-11,15,19H,6-7,12-14H2,1-5H3. The summed E-state index contributed by atoms with van der Waals surface area (Å²) >= 11 is 0. The van der Waals surface area contributed by atoms with Gasteiger partial charge in [0.05, 0.1) is 6.61 Å². The van der Waals surface area contributed by atoms with E-state index in [-0.39, 0.29) is 5.54 Å². The van der Waals surface area contributed by atoms with Gasteiger partial charge >= 0.3 is 0 Å². The number of nitrogens with one attached hydrogen (secondary N) is 1. The van der Waals surface area contributed by atoms with Crippen LogP contribution in [0.4, 0.5) is 0 Å². The molecule has 114 valence electrons. The minimum atomic E-state index is 0.165. The molecular weight excluding hydrogens is 246 g/mol. The minimum absolute atomic E-state index is 0.165. The molecular formula is C18H31NO. The van der Waals surface area contributed by atoms with Crippen LogP contribution in [0, 0.1) is 5.92 Å². The Bertz CT molecular complexity index is 362. The quantitative estimate of drug-likeness (QED) is 0.705. The average molecular weight is 277 g/mol. The van der Waals surface area contributed by atoms with Crippen molar-refractivity contribution in [2.24, 2.45) is 5.92 Å².